The van der Waals surface area contributed by atoms with Gasteiger partial charge in [-0.3, -0.25) is 9.82 Å². The van der Waals surface area contributed by atoms with Crippen LogP contribution >= 0.6 is 15.9 Å². The average molecular weight is 254 g/mol. The van der Waals surface area contributed by atoms with Crippen LogP contribution in [0.3, 0.4) is 0 Å². The van der Waals surface area contributed by atoms with Crippen LogP contribution in [0.25, 0.3) is 0 Å². The van der Waals surface area contributed by atoms with E-state index in [9.17, 15) is 8.42 Å². The Morgan fingerprint density at radius 3 is 2.83 bits per heavy atom. The van der Waals surface area contributed by atoms with Gasteiger partial charge in [0.25, 0.3) is 0 Å². The topological polar surface area (TPSA) is 74.8 Å². The van der Waals surface area contributed by atoms with Gasteiger partial charge in [-0.05, 0) is 6.92 Å². The summed E-state index contributed by atoms with van der Waals surface area (Å²) in [5.41, 5.74) is 0.808. The van der Waals surface area contributed by atoms with Crippen LogP contribution in [0, 0.1) is 6.92 Å². The van der Waals surface area contributed by atoms with Gasteiger partial charge in [0.15, 0.2) is 5.82 Å². The number of nitrogens with one attached hydrogen (secondary N) is 2. The lowest BCUT2D eigenvalue weighted by atomic mass is 10.5. The SMILES string of the molecule is Cc1cc(NS(=O)(=O)CBr)n[nH]1. The maximum Gasteiger partial charge on any atom is 0.243 e. The van der Waals surface area contributed by atoms with Gasteiger partial charge < -0.3 is 0 Å². The molecule has 0 atom stereocenters. The molecule has 0 aliphatic carbocycles. The Labute approximate surface area is 78.7 Å². The molecule has 0 fully saturated rings. The van der Waals surface area contributed by atoms with Crippen LogP contribution < -0.4 is 4.72 Å². The Hall–Kier alpha value is -0.560. The van der Waals surface area contributed by atoms with Crippen LogP contribution in [0.1, 0.15) is 5.69 Å². The number of aryl methyl sites for hydroxylation is 1. The molecule has 0 aliphatic rings. The summed E-state index contributed by atoms with van der Waals surface area (Å²) in [6, 6.07) is 1.61. The minimum atomic E-state index is -3.28. The molecule has 0 spiro atoms. The van der Waals surface area contributed by atoms with Crippen molar-refractivity contribution < 1.29 is 8.42 Å². The number of rotatable bonds is 3. The fourth-order valence-corrected chi connectivity index (χ4v) is 1.48. The smallest absolute Gasteiger partial charge is 0.243 e. The highest BCUT2D eigenvalue weighted by Gasteiger charge is 2.08. The minimum absolute atomic E-state index is 0.133. The lowest BCUT2D eigenvalue weighted by Crippen LogP contribution is -2.13. The van der Waals surface area contributed by atoms with Gasteiger partial charge in [0.2, 0.25) is 10.0 Å². The maximum absolute atomic E-state index is 11.0. The van der Waals surface area contributed by atoms with Crippen molar-refractivity contribution in [3.05, 3.63) is 11.8 Å². The first-order chi connectivity index (χ1) is 5.53. The van der Waals surface area contributed by atoms with E-state index in [1.54, 1.807) is 13.0 Å². The molecule has 0 saturated carbocycles. The van der Waals surface area contributed by atoms with E-state index in [1.807, 2.05) is 0 Å². The molecule has 2 N–H and O–H groups in total. The Kier molecular flexibility index (Phi) is 2.73. The zero-order chi connectivity index (χ0) is 9.19. The molecule has 1 aromatic rings. The summed E-state index contributed by atoms with van der Waals surface area (Å²) in [6.45, 7) is 1.79. The molecule has 7 heteroatoms. The van der Waals surface area contributed by atoms with Gasteiger partial charge in [0.1, 0.15) is 4.66 Å². The number of aromatic nitrogens is 2. The Balaban J connectivity index is 2.77. The minimum Gasteiger partial charge on any atom is -0.281 e. The van der Waals surface area contributed by atoms with Crippen LogP contribution in [-0.2, 0) is 10.0 Å². The molecule has 5 nitrogen and oxygen atoms in total. The number of hydrogen-bond acceptors (Lipinski definition) is 3. The van der Waals surface area contributed by atoms with E-state index in [0.717, 1.165) is 5.69 Å². The normalized spacial score (nSPS) is 11.5. The molecule has 0 aliphatic heterocycles. The molecule has 0 radical (unpaired) electrons. The standard InChI is InChI=1S/C5H8BrN3O2S/c1-4-2-5(8-7-4)9-12(10,11)3-6/h2H,3H2,1H3,(H2,7,8,9). The van der Waals surface area contributed by atoms with E-state index in [-0.39, 0.29) is 4.66 Å². The van der Waals surface area contributed by atoms with E-state index >= 15 is 0 Å². The molecule has 0 unspecified atom stereocenters. The van der Waals surface area contributed by atoms with Gasteiger partial charge in [0.05, 0.1) is 0 Å². The van der Waals surface area contributed by atoms with Crippen molar-refractivity contribution in [1.82, 2.24) is 10.2 Å². The Bertz CT molecular complexity index is 359. The van der Waals surface area contributed by atoms with Crippen LogP contribution in [0.4, 0.5) is 5.82 Å². The first-order valence-corrected chi connectivity index (χ1v) is 5.89. The van der Waals surface area contributed by atoms with Crippen molar-refractivity contribution >= 4 is 31.8 Å². The number of halogens is 1. The van der Waals surface area contributed by atoms with Crippen LogP contribution in [0.15, 0.2) is 6.07 Å². The summed E-state index contributed by atoms with van der Waals surface area (Å²) in [6.07, 6.45) is 0. The van der Waals surface area contributed by atoms with E-state index in [1.165, 1.54) is 0 Å². The quantitative estimate of drug-likeness (QED) is 0.784. The molecule has 0 saturated heterocycles. The zero-order valence-electron chi connectivity index (χ0n) is 6.33. The monoisotopic (exact) mass is 253 g/mol. The second-order valence-electron chi connectivity index (χ2n) is 2.26. The Morgan fingerprint density at radius 1 is 1.75 bits per heavy atom. The summed E-state index contributed by atoms with van der Waals surface area (Å²) in [5.74, 6) is 0.312. The van der Waals surface area contributed by atoms with Gasteiger partial charge in [-0.1, -0.05) is 15.9 Å². The van der Waals surface area contributed by atoms with Gasteiger partial charge in [0, 0.05) is 11.8 Å². The number of anilines is 1. The number of alkyl halides is 1. The number of aromatic amines is 1. The molecule has 0 amide bonds. The number of hydrogen-bond donors (Lipinski definition) is 2. The summed E-state index contributed by atoms with van der Waals surface area (Å²) < 4.78 is 24.1. The van der Waals surface area contributed by atoms with Crippen LogP contribution in [0.5, 0.6) is 0 Å². The first kappa shape index (κ1) is 9.53. The molecule has 1 rings (SSSR count). The molecule has 68 valence electrons. The summed E-state index contributed by atoms with van der Waals surface area (Å²) >= 11 is 2.85. The van der Waals surface area contributed by atoms with Crippen molar-refractivity contribution in [3.63, 3.8) is 0 Å². The molecule has 1 aromatic heterocycles. The summed E-state index contributed by atoms with van der Waals surface area (Å²) in [4.78, 5) is 0. The maximum atomic E-state index is 11.0. The molecular formula is C5H8BrN3O2S. The molecule has 0 bridgehead atoms. The first-order valence-electron chi connectivity index (χ1n) is 3.12. The lowest BCUT2D eigenvalue weighted by molar-refractivity contribution is 0.606. The Morgan fingerprint density at radius 2 is 2.42 bits per heavy atom. The fraction of sp³-hybridized carbons (Fsp3) is 0.400. The summed E-state index contributed by atoms with van der Waals surface area (Å²) in [7, 11) is -3.28. The van der Waals surface area contributed by atoms with E-state index in [0.29, 0.717) is 5.82 Å². The summed E-state index contributed by atoms with van der Waals surface area (Å²) in [5, 5.41) is 6.34. The number of sulfonamides is 1. The highest BCUT2D eigenvalue weighted by molar-refractivity contribution is 9.10. The molecular weight excluding hydrogens is 246 g/mol. The van der Waals surface area contributed by atoms with Gasteiger partial charge in [-0.15, -0.1) is 0 Å². The third-order valence-corrected chi connectivity index (χ3v) is 3.73. The number of nitrogens with zero attached hydrogens (tertiary/aromatic N) is 1. The second kappa shape index (κ2) is 3.44. The third-order valence-electron chi connectivity index (χ3n) is 1.11. The van der Waals surface area contributed by atoms with E-state index in [2.05, 4.69) is 30.8 Å². The zero-order valence-corrected chi connectivity index (χ0v) is 8.74. The molecule has 1 heterocycles. The van der Waals surface area contributed by atoms with E-state index in [4.69, 9.17) is 0 Å². The highest BCUT2D eigenvalue weighted by Crippen LogP contribution is 2.07. The fourth-order valence-electron chi connectivity index (χ4n) is 0.657. The molecule has 0 aromatic carbocycles. The van der Waals surface area contributed by atoms with Crippen LogP contribution in [0.2, 0.25) is 0 Å². The largest absolute Gasteiger partial charge is 0.281 e. The second-order valence-corrected chi connectivity index (χ2v) is 5.29. The molecule has 12 heavy (non-hydrogen) atoms. The van der Waals surface area contributed by atoms with Crippen molar-refractivity contribution in [2.45, 2.75) is 6.92 Å². The van der Waals surface area contributed by atoms with Crippen molar-refractivity contribution in [1.29, 1.82) is 0 Å². The third kappa shape index (κ3) is 2.49. The van der Waals surface area contributed by atoms with Gasteiger partial charge in [-0.2, -0.15) is 5.10 Å². The van der Waals surface area contributed by atoms with Gasteiger partial charge >= 0.3 is 0 Å². The van der Waals surface area contributed by atoms with Crippen molar-refractivity contribution in [2.75, 3.05) is 9.38 Å². The van der Waals surface area contributed by atoms with Gasteiger partial charge in [-0.25, -0.2) is 8.42 Å². The highest BCUT2D eigenvalue weighted by atomic mass is 79.9. The van der Waals surface area contributed by atoms with Crippen molar-refractivity contribution in [2.24, 2.45) is 0 Å². The predicted octanol–water partition coefficient (Wildman–Crippen LogP) is 0.812. The van der Waals surface area contributed by atoms with Crippen molar-refractivity contribution in [3.8, 4) is 0 Å². The predicted molar refractivity (Wildman–Crippen MR) is 49.7 cm³/mol. The van der Waals surface area contributed by atoms with Crippen LogP contribution in [-0.4, -0.2) is 23.3 Å². The van der Waals surface area contributed by atoms with E-state index < -0.39 is 10.0 Å². The average Bonchev–Trinajstić information content (AvgIpc) is 2.35. The number of H-pyrrole nitrogens is 1. The lowest BCUT2D eigenvalue weighted by Gasteiger charge is -1.98.